The minimum Gasteiger partial charge on any atom is -0.399 e. The van der Waals surface area contributed by atoms with Crippen molar-refractivity contribution >= 4 is 50.0 Å². The summed E-state index contributed by atoms with van der Waals surface area (Å²) in [6.45, 7) is 6.56. The number of carbonyl (C=O) groups excluding carboxylic acids is 1. The van der Waals surface area contributed by atoms with Crippen molar-refractivity contribution in [1.29, 1.82) is 0 Å². The van der Waals surface area contributed by atoms with Crippen LogP contribution in [0.3, 0.4) is 0 Å². The van der Waals surface area contributed by atoms with Crippen LogP contribution in [0.5, 0.6) is 0 Å². The molecule has 1 heterocycles. The zero-order valence-corrected chi connectivity index (χ0v) is 14.2. The lowest BCUT2D eigenvalue weighted by Gasteiger charge is -2.16. The zero-order valence-electron chi connectivity index (χ0n) is 12.6. The molecule has 1 aromatic heterocycles. The van der Waals surface area contributed by atoms with E-state index in [0.29, 0.717) is 17.2 Å². The van der Waals surface area contributed by atoms with Crippen LogP contribution in [-0.2, 0) is 4.79 Å². The number of nitrogens with one attached hydrogen (secondary N) is 1. The van der Waals surface area contributed by atoms with E-state index in [-0.39, 0.29) is 10.7 Å². The Balaban J connectivity index is 1.84. The van der Waals surface area contributed by atoms with Crippen LogP contribution in [0.2, 0.25) is 0 Å². The number of thioether (sulfide) groups is 1. The number of fused-ring (bicyclic) bond motifs is 1. The molecule has 0 saturated carbocycles. The highest BCUT2D eigenvalue weighted by atomic mass is 32.2. The van der Waals surface area contributed by atoms with E-state index in [1.165, 1.54) is 11.3 Å². The van der Waals surface area contributed by atoms with Gasteiger partial charge in [-0.15, -0.1) is 0 Å². The Hall–Kier alpha value is -1.27. The number of hydrogen-bond acceptors (Lipinski definition) is 5. The van der Waals surface area contributed by atoms with Gasteiger partial charge in [-0.05, 0) is 30.4 Å². The summed E-state index contributed by atoms with van der Waals surface area (Å²) in [4.78, 5) is 16.3. The molecule has 2 rings (SSSR count). The molecule has 0 saturated heterocycles. The number of aromatic nitrogens is 1. The molecule has 21 heavy (non-hydrogen) atoms. The number of nitrogen functional groups attached to an aromatic ring is 1. The number of nitrogens with two attached hydrogens (primary N) is 1. The SMILES string of the molecule is CC(C)(C)SCCCC(=O)Nc1nc2ccc(N)cc2s1. The van der Waals surface area contributed by atoms with E-state index in [0.717, 1.165) is 22.4 Å². The Bertz CT molecular complexity index is 631. The Morgan fingerprint density at radius 1 is 1.43 bits per heavy atom. The third-order valence-electron chi connectivity index (χ3n) is 2.74. The van der Waals surface area contributed by atoms with Gasteiger partial charge < -0.3 is 11.1 Å². The molecular formula is C15H21N3OS2. The highest BCUT2D eigenvalue weighted by Gasteiger charge is 2.11. The Labute approximate surface area is 133 Å². The molecule has 0 bridgehead atoms. The van der Waals surface area contributed by atoms with Crippen LogP contribution in [0.15, 0.2) is 18.2 Å². The minimum absolute atomic E-state index is 0.0246. The Morgan fingerprint density at radius 3 is 2.90 bits per heavy atom. The van der Waals surface area contributed by atoms with Crippen molar-refractivity contribution in [3.05, 3.63) is 18.2 Å². The largest absolute Gasteiger partial charge is 0.399 e. The third kappa shape index (κ3) is 5.21. The molecule has 3 N–H and O–H groups in total. The number of benzene rings is 1. The normalized spacial score (nSPS) is 11.8. The number of rotatable bonds is 5. The highest BCUT2D eigenvalue weighted by molar-refractivity contribution is 8.00. The van der Waals surface area contributed by atoms with Gasteiger partial charge in [0.05, 0.1) is 10.2 Å². The molecule has 0 spiro atoms. The van der Waals surface area contributed by atoms with E-state index in [4.69, 9.17) is 5.73 Å². The van der Waals surface area contributed by atoms with Crippen LogP contribution in [0.25, 0.3) is 10.2 Å². The molecule has 2 aromatic rings. The Kier molecular flexibility index (Phi) is 5.11. The van der Waals surface area contributed by atoms with Crippen LogP contribution in [0, 0.1) is 0 Å². The maximum Gasteiger partial charge on any atom is 0.226 e. The third-order valence-corrected chi connectivity index (χ3v) is 5.03. The predicted molar refractivity (Wildman–Crippen MR) is 94.1 cm³/mol. The fourth-order valence-corrected chi connectivity index (χ4v) is 3.62. The number of carbonyl (C=O) groups is 1. The number of thiazole rings is 1. The summed E-state index contributed by atoms with van der Waals surface area (Å²) in [5.74, 6) is 1.02. The standard InChI is InChI=1S/C15H21N3OS2/c1-15(2,3)20-8-4-5-13(19)18-14-17-11-7-6-10(16)9-12(11)21-14/h6-7,9H,4-5,8,16H2,1-3H3,(H,17,18,19). The van der Waals surface area contributed by atoms with Gasteiger partial charge in [-0.2, -0.15) is 11.8 Å². The number of nitrogens with zero attached hydrogens (tertiary/aromatic N) is 1. The first-order chi connectivity index (χ1) is 9.83. The van der Waals surface area contributed by atoms with Gasteiger partial charge in [0.25, 0.3) is 0 Å². The van der Waals surface area contributed by atoms with E-state index in [9.17, 15) is 4.79 Å². The van der Waals surface area contributed by atoms with Crippen molar-refractivity contribution in [1.82, 2.24) is 4.98 Å². The average Bonchev–Trinajstić information content (AvgIpc) is 2.74. The van der Waals surface area contributed by atoms with Crippen molar-refractivity contribution in [3.63, 3.8) is 0 Å². The monoisotopic (exact) mass is 323 g/mol. The van der Waals surface area contributed by atoms with Crippen molar-refractivity contribution in [2.75, 3.05) is 16.8 Å². The summed E-state index contributed by atoms with van der Waals surface area (Å²) < 4.78 is 1.25. The second-order valence-corrected chi connectivity index (χ2v) is 8.81. The number of anilines is 2. The van der Waals surface area contributed by atoms with Gasteiger partial charge in [0, 0.05) is 16.9 Å². The molecule has 0 atom stereocenters. The molecule has 4 nitrogen and oxygen atoms in total. The molecule has 0 fully saturated rings. The van der Waals surface area contributed by atoms with Gasteiger partial charge >= 0.3 is 0 Å². The molecule has 0 radical (unpaired) electrons. The van der Waals surface area contributed by atoms with Crippen LogP contribution in [0.4, 0.5) is 10.8 Å². The van der Waals surface area contributed by atoms with Crippen molar-refractivity contribution < 1.29 is 4.79 Å². The number of hydrogen-bond donors (Lipinski definition) is 2. The van der Waals surface area contributed by atoms with Crippen LogP contribution >= 0.6 is 23.1 Å². The number of amides is 1. The lowest BCUT2D eigenvalue weighted by molar-refractivity contribution is -0.116. The topological polar surface area (TPSA) is 68.0 Å². The van der Waals surface area contributed by atoms with E-state index in [1.807, 2.05) is 30.0 Å². The second-order valence-electron chi connectivity index (χ2n) is 5.86. The van der Waals surface area contributed by atoms with Gasteiger partial charge in [-0.25, -0.2) is 4.98 Å². The van der Waals surface area contributed by atoms with Crippen molar-refractivity contribution in [2.24, 2.45) is 0 Å². The lowest BCUT2D eigenvalue weighted by Crippen LogP contribution is -2.13. The van der Waals surface area contributed by atoms with Crippen LogP contribution in [-0.4, -0.2) is 21.4 Å². The van der Waals surface area contributed by atoms with Crippen molar-refractivity contribution in [3.8, 4) is 0 Å². The summed E-state index contributed by atoms with van der Waals surface area (Å²) in [5.41, 5.74) is 7.32. The van der Waals surface area contributed by atoms with E-state index >= 15 is 0 Å². The van der Waals surface area contributed by atoms with E-state index in [2.05, 4.69) is 31.1 Å². The first kappa shape index (κ1) is 16.1. The molecule has 0 aliphatic rings. The second kappa shape index (κ2) is 6.66. The maximum absolute atomic E-state index is 11.9. The summed E-state index contributed by atoms with van der Waals surface area (Å²) in [5, 5.41) is 3.51. The van der Waals surface area contributed by atoms with E-state index in [1.54, 1.807) is 0 Å². The summed E-state index contributed by atoms with van der Waals surface area (Å²) in [6.07, 6.45) is 1.41. The van der Waals surface area contributed by atoms with Crippen molar-refractivity contribution in [2.45, 2.75) is 38.4 Å². The van der Waals surface area contributed by atoms with Gasteiger partial charge in [0.1, 0.15) is 0 Å². The Morgan fingerprint density at radius 2 is 2.19 bits per heavy atom. The summed E-state index contributed by atoms with van der Waals surface area (Å²) >= 11 is 3.34. The average molecular weight is 323 g/mol. The minimum atomic E-state index is 0.0246. The highest BCUT2D eigenvalue weighted by Crippen LogP contribution is 2.28. The summed E-state index contributed by atoms with van der Waals surface area (Å²) in [7, 11) is 0. The van der Waals surface area contributed by atoms with Gasteiger partial charge in [-0.3, -0.25) is 4.79 Å². The first-order valence-corrected chi connectivity index (χ1v) is 8.73. The van der Waals surface area contributed by atoms with Gasteiger partial charge in [0.15, 0.2) is 5.13 Å². The van der Waals surface area contributed by atoms with Crippen LogP contribution in [0.1, 0.15) is 33.6 Å². The fraction of sp³-hybridized carbons (Fsp3) is 0.467. The molecule has 114 valence electrons. The van der Waals surface area contributed by atoms with Gasteiger partial charge in [0.2, 0.25) is 5.91 Å². The molecule has 1 aromatic carbocycles. The maximum atomic E-state index is 11.9. The molecule has 1 amide bonds. The van der Waals surface area contributed by atoms with E-state index < -0.39 is 0 Å². The zero-order chi connectivity index (χ0) is 15.5. The molecule has 0 aliphatic carbocycles. The molecule has 0 unspecified atom stereocenters. The smallest absolute Gasteiger partial charge is 0.226 e. The molecule has 0 aliphatic heterocycles. The first-order valence-electron chi connectivity index (χ1n) is 6.93. The van der Waals surface area contributed by atoms with Crippen LogP contribution < -0.4 is 11.1 Å². The fourth-order valence-electron chi connectivity index (χ4n) is 1.79. The lowest BCUT2D eigenvalue weighted by atomic mass is 10.3. The quantitative estimate of drug-likeness (QED) is 0.641. The summed E-state index contributed by atoms with van der Waals surface area (Å²) in [6, 6.07) is 5.57. The molecular weight excluding hydrogens is 302 g/mol. The predicted octanol–water partition coefficient (Wildman–Crippen LogP) is 4.13. The van der Waals surface area contributed by atoms with Gasteiger partial charge in [-0.1, -0.05) is 32.1 Å². The molecule has 6 heteroatoms.